The van der Waals surface area contributed by atoms with Crippen molar-refractivity contribution in [1.29, 1.82) is 0 Å². The topological polar surface area (TPSA) is 59.3 Å². The Labute approximate surface area is 112 Å². The van der Waals surface area contributed by atoms with Gasteiger partial charge in [-0.15, -0.1) is 0 Å². The monoisotopic (exact) mass is 281 g/mol. The Balaban J connectivity index is 2.40. The van der Waals surface area contributed by atoms with Crippen LogP contribution in [0.5, 0.6) is 0 Å². The molecule has 98 valence electrons. The first kappa shape index (κ1) is 13.3. The second-order valence-corrected chi connectivity index (χ2v) is 4.29. The van der Waals surface area contributed by atoms with Gasteiger partial charge >= 0.3 is 5.97 Å². The summed E-state index contributed by atoms with van der Waals surface area (Å²) in [5.41, 5.74) is -0.450. The van der Waals surface area contributed by atoms with E-state index in [9.17, 15) is 14.0 Å². The van der Waals surface area contributed by atoms with E-state index in [1.54, 1.807) is 0 Å². The lowest BCUT2D eigenvalue weighted by Gasteiger charge is -2.08. The summed E-state index contributed by atoms with van der Waals surface area (Å²) in [7, 11) is 0. The third-order valence-corrected chi connectivity index (χ3v) is 2.99. The number of rotatable bonds is 3. The molecule has 0 atom stereocenters. The lowest BCUT2D eigenvalue weighted by molar-refractivity contribution is 0.0696. The van der Waals surface area contributed by atoms with Crippen LogP contribution >= 0.6 is 11.6 Å². The molecule has 1 aromatic heterocycles. The van der Waals surface area contributed by atoms with E-state index in [-0.39, 0.29) is 22.7 Å². The van der Waals surface area contributed by atoms with Gasteiger partial charge in [-0.2, -0.15) is 0 Å². The highest BCUT2D eigenvalue weighted by Gasteiger charge is 2.10. The summed E-state index contributed by atoms with van der Waals surface area (Å²) in [4.78, 5) is 22.4. The molecule has 0 aliphatic carbocycles. The number of pyridine rings is 1. The Hall–Kier alpha value is -2.14. The molecular weight excluding hydrogens is 273 g/mol. The molecule has 1 N–H and O–H groups in total. The van der Waals surface area contributed by atoms with Crippen molar-refractivity contribution in [3.63, 3.8) is 0 Å². The van der Waals surface area contributed by atoms with Gasteiger partial charge in [0, 0.05) is 22.8 Å². The molecule has 0 saturated carbocycles. The number of carboxylic acids is 1. The quantitative estimate of drug-likeness (QED) is 0.940. The molecule has 0 radical (unpaired) electrons. The molecule has 0 amide bonds. The fourth-order valence-corrected chi connectivity index (χ4v) is 1.85. The maximum absolute atomic E-state index is 13.6. The van der Waals surface area contributed by atoms with Gasteiger partial charge in [0.15, 0.2) is 0 Å². The van der Waals surface area contributed by atoms with E-state index in [0.29, 0.717) is 0 Å². The van der Waals surface area contributed by atoms with Gasteiger partial charge in [0.25, 0.3) is 5.56 Å². The van der Waals surface area contributed by atoms with E-state index < -0.39 is 17.3 Å². The van der Waals surface area contributed by atoms with Crippen molar-refractivity contribution < 1.29 is 14.3 Å². The first-order valence-electron chi connectivity index (χ1n) is 5.35. The summed E-state index contributed by atoms with van der Waals surface area (Å²) in [5, 5.41) is 8.97. The minimum atomic E-state index is -1.19. The van der Waals surface area contributed by atoms with Gasteiger partial charge in [0.2, 0.25) is 0 Å². The minimum absolute atomic E-state index is 0.0514. The first-order valence-corrected chi connectivity index (χ1v) is 5.73. The van der Waals surface area contributed by atoms with Gasteiger partial charge in [-0.3, -0.25) is 4.79 Å². The maximum atomic E-state index is 13.6. The number of hydrogen-bond donors (Lipinski definition) is 1. The van der Waals surface area contributed by atoms with Crippen LogP contribution < -0.4 is 5.56 Å². The molecule has 0 bridgehead atoms. The fraction of sp³-hybridized carbons (Fsp3) is 0.0769. The predicted molar refractivity (Wildman–Crippen MR) is 68.2 cm³/mol. The normalized spacial score (nSPS) is 10.4. The van der Waals surface area contributed by atoms with Crippen molar-refractivity contribution >= 4 is 17.6 Å². The molecule has 1 heterocycles. The second kappa shape index (κ2) is 5.24. The van der Waals surface area contributed by atoms with Crippen LogP contribution in [0.4, 0.5) is 4.39 Å². The summed E-state index contributed by atoms with van der Waals surface area (Å²) < 4.78 is 14.8. The van der Waals surface area contributed by atoms with Gasteiger partial charge in [-0.1, -0.05) is 17.7 Å². The number of aromatic carboxylic acids is 1. The molecular formula is C13H9ClFNO3. The first-order chi connectivity index (χ1) is 8.99. The zero-order chi connectivity index (χ0) is 14.0. The summed E-state index contributed by atoms with van der Waals surface area (Å²) in [6.45, 7) is -0.0514. The number of halogens is 2. The molecule has 19 heavy (non-hydrogen) atoms. The molecule has 2 rings (SSSR count). The maximum Gasteiger partial charge on any atom is 0.335 e. The van der Waals surface area contributed by atoms with Crippen LogP contribution in [-0.4, -0.2) is 15.6 Å². The Morgan fingerprint density at radius 2 is 2.11 bits per heavy atom. The van der Waals surface area contributed by atoms with E-state index in [0.717, 1.165) is 6.07 Å². The minimum Gasteiger partial charge on any atom is -0.478 e. The molecule has 0 aliphatic rings. The van der Waals surface area contributed by atoms with E-state index in [1.165, 1.54) is 35.0 Å². The Morgan fingerprint density at radius 3 is 2.68 bits per heavy atom. The Morgan fingerprint density at radius 1 is 1.37 bits per heavy atom. The van der Waals surface area contributed by atoms with Crippen molar-refractivity contribution in [3.05, 3.63) is 68.8 Å². The van der Waals surface area contributed by atoms with E-state index in [1.807, 2.05) is 0 Å². The molecule has 1 aromatic carbocycles. The number of aromatic nitrogens is 1. The standard InChI is InChI=1S/C13H9ClFNO3/c14-10-2-1-3-11(15)9(10)7-16-5-4-8(13(18)19)6-12(16)17/h1-6H,7H2,(H,18,19). The van der Waals surface area contributed by atoms with Gasteiger partial charge in [-0.25, -0.2) is 9.18 Å². The van der Waals surface area contributed by atoms with Crippen molar-refractivity contribution in [2.75, 3.05) is 0 Å². The lowest BCUT2D eigenvalue weighted by Crippen LogP contribution is -2.21. The van der Waals surface area contributed by atoms with Gasteiger partial charge in [0.1, 0.15) is 5.82 Å². The van der Waals surface area contributed by atoms with Crippen molar-refractivity contribution in [2.24, 2.45) is 0 Å². The zero-order valence-corrected chi connectivity index (χ0v) is 10.4. The number of carbonyl (C=O) groups is 1. The average molecular weight is 282 g/mol. The van der Waals surface area contributed by atoms with Crippen LogP contribution in [0.1, 0.15) is 15.9 Å². The number of hydrogen-bond acceptors (Lipinski definition) is 2. The Kier molecular flexibility index (Phi) is 3.66. The molecule has 0 aliphatic heterocycles. The molecule has 0 spiro atoms. The molecule has 0 fully saturated rings. The van der Waals surface area contributed by atoms with Crippen LogP contribution in [0, 0.1) is 5.82 Å². The number of nitrogens with zero attached hydrogens (tertiary/aromatic N) is 1. The van der Waals surface area contributed by atoms with Crippen LogP contribution in [0.15, 0.2) is 41.3 Å². The highest BCUT2D eigenvalue weighted by molar-refractivity contribution is 6.31. The highest BCUT2D eigenvalue weighted by Crippen LogP contribution is 2.19. The summed E-state index contributed by atoms with van der Waals surface area (Å²) >= 11 is 5.86. The summed E-state index contributed by atoms with van der Waals surface area (Å²) in [6, 6.07) is 6.50. The van der Waals surface area contributed by atoms with E-state index >= 15 is 0 Å². The molecule has 2 aromatic rings. The zero-order valence-electron chi connectivity index (χ0n) is 9.64. The van der Waals surface area contributed by atoms with Gasteiger partial charge in [-0.05, 0) is 18.2 Å². The Bertz CT molecular complexity index is 676. The third kappa shape index (κ3) is 2.82. The molecule has 0 saturated heterocycles. The molecule has 0 unspecified atom stereocenters. The smallest absolute Gasteiger partial charge is 0.335 e. The highest BCUT2D eigenvalue weighted by atomic mass is 35.5. The lowest BCUT2D eigenvalue weighted by atomic mass is 10.2. The third-order valence-electron chi connectivity index (χ3n) is 2.63. The molecule has 6 heteroatoms. The van der Waals surface area contributed by atoms with Crippen LogP contribution in [0.3, 0.4) is 0 Å². The van der Waals surface area contributed by atoms with Crippen LogP contribution in [0.25, 0.3) is 0 Å². The fourth-order valence-electron chi connectivity index (χ4n) is 1.63. The van der Waals surface area contributed by atoms with Gasteiger partial charge < -0.3 is 9.67 Å². The van der Waals surface area contributed by atoms with Crippen molar-refractivity contribution in [1.82, 2.24) is 4.57 Å². The number of carboxylic acid groups (broad SMARTS) is 1. The van der Waals surface area contributed by atoms with Crippen molar-refractivity contribution in [2.45, 2.75) is 6.54 Å². The summed E-state index contributed by atoms with van der Waals surface area (Å²) in [5.74, 6) is -1.70. The average Bonchev–Trinajstić information content (AvgIpc) is 2.35. The SMILES string of the molecule is O=C(O)c1ccn(Cc2c(F)cccc2Cl)c(=O)c1. The second-order valence-electron chi connectivity index (χ2n) is 3.89. The van der Waals surface area contributed by atoms with Gasteiger partial charge in [0.05, 0.1) is 12.1 Å². The molecule has 4 nitrogen and oxygen atoms in total. The van der Waals surface area contributed by atoms with E-state index in [4.69, 9.17) is 16.7 Å². The van der Waals surface area contributed by atoms with Crippen molar-refractivity contribution in [3.8, 4) is 0 Å². The van der Waals surface area contributed by atoms with Crippen LogP contribution in [-0.2, 0) is 6.54 Å². The predicted octanol–water partition coefficient (Wildman–Crippen LogP) is 2.39. The van der Waals surface area contributed by atoms with Crippen LogP contribution in [0.2, 0.25) is 5.02 Å². The largest absolute Gasteiger partial charge is 0.478 e. The van der Waals surface area contributed by atoms with E-state index in [2.05, 4.69) is 0 Å². The summed E-state index contributed by atoms with van der Waals surface area (Å²) in [6.07, 6.45) is 1.30. The number of benzene rings is 1.